The van der Waals surface area contributed by atoms with Gasteiger partial charge in [-0.2, -0.15) is 0 Å². The van der Waals surface area contributed by atoms with Crippen LogP contribution in [0.1, 0.15) is 30.5 Å². The Morgan fingerprint density at radius 1 is 1.22 bits per heavy atom. The average Bonchev–Trinajstić information content (AvgIpc) is 2.79. The summed E-state index contributed by atoms with van der Waals surface area (Å²) < 4.78 is 0. The molecule has 1 N–H and O–H groups in total. The van der Waals surface area contributed by atoms with Crippen LogP contribution < -0.4 is 0 Å². The van der Waals surface area contributed by atoms with Crippen molar-refractivity contribution in [3.63, 3.8) is 0 Å². The Hall–Kier alpha value is -1.09. The van der Waals surface area contributed by atoms with Crippen LogP contribution in [0.2, 0.25) is 0 Å². The van der Waals surface area contributed by atoms with E-state index in [2.05, 4.69) is 45.2 Å². The molecule has 3 rings (SSSR count). The molecule has 2 heterocycles. The molecule has 18 heavy (non-hydrogen) atoms. The molecule has 1 aliphatic rings. The zero-order valence-corrected chi connectivity index (χ0v) is 12.0. The minimum Gasteiger partial charge on any atom is -0.353 e. The van der Waals surface area contributed by atoms with E-state index in [0.29, 0.717) is 0 Å². The largest absolute Gasteiger partial charge is 0.353 e. The van der Waals surface area contributed by atoms with E-state index in [4.69, 9.17) is 4.99 Å². The number of H-pyrrole nitrogens is 1. The van der Waals surface area contributed by atoms with Gasteiger partial charge in [0.1, 0.15) is 0 Å². The van der Waals surface area contributed by atoms with Crippen molar-refractivity contribution >= 4 is 32.5 Å². The lowest BCUT2D eigenvalue weighted by molar-refractivity contribution is 0.830. The number of nitrogens with one attached hydrogen (secondary N) is 1. The molecule has 1 aromatic heterocycles. The van der Waals surface area contributed by atoms with Gasteiger partial charge in [0.15, 0.2) is 0 Å². The van der Waals surface area contributed by atoms with Crippen LogP contribution in [0, 0.1) is 0 Å². The van der Waals surface area contributed by atoms with Crippen molar-refractivity contribution in [1.29, 1.82) is 0 Å². The highest BCUT2D eigenvalue weighted by molar-refractivity contribution is 9.09. The standard InChI is InChI=1S/C15H17BrN2/c16-9-4-3-7-14-15-12(8-10-17-14)11-5-1-2-6-13(11)18-15/h1-2,5-6,18H,3-4,7-10H2. The summed E-state index contributed by atoms with van der Waals surface area (Å²) >= 11 is 3.49. The highest BCUT2D eigenvalue weighted by atomic mass is 79.9. The maximum atomic E-state index is 4.71. The Labute approximate surface area is 116 Å². The summed E-state index contributed by atoms with van der Waals surface area (Å²) in [7, 11) is 0. The molecule has 94 valence electrons. The van der Waals surface area contributed by atoms with Crippen molar-refractivity contribution in [1.82, 2.24) is 4.98 Å². The van der Waals surface area contributed by atoms with Crippen LogP contribution in [0.25, 0.3) is 10.9 Å². The average molecular weight is 305 g/mol. The molecule has 2 aromatic rings. The monoisotopic (exact) mass is 304 g/mol. The van der Waals surface area contributed by atoms with E-state index in [1.165, 1.54) is 40.7 Å². The van der Waals surface area contributed by atoms with Gasteiger partial charge >= 0.3 is 0 Å². The molecule has 0 bridgehead atoms. The summed E-state index contributed by atoms with van der Waals surface area (Å²) in [5.41, 5.74) is 5.28. The zero-order valence-electron chi connectivity index (χ0n) is 10.4. The van der Waals surface area contributed by atoms with E-state index < -0.39 is 0 Å². The van der Waals surface area contributed by atoms with Gasteiger partial charge in [0.05, 0.1) is 11.4 Å². The van der Waals surface area contributed by atoms with Crippen molar-refractivity contribution in [2.75, 3.05) is 11.9 Å². The van der Waals surface area contributed by atoms with E-state index in [1.54, 1.807) is 0 Å². The van der Waals surface area contributed by atoms with Crippen molar-refractivity contribution in [3.05, 3.63) is 35.5 Å². The summed E-state index contributed by atoms with van der Waals surface area (Å²) in [6.45, 7) is 0.943. The van der Waals surface area contributed by atoms with Crippen LogP contribution >= 0.6 is 15.9 Å². The van der Waals surface area contributed by atoms with Gasteiger partial charge in [-0.25, -0.2) is 0 Å². The predicted octanol–water partition coefficient (Wildman–Crippen LogP) is 4.08. The van der Waals surface area contributed by atoms with Gasteiger partial charge in [0, 0.05) is 22.8 Å². The van der Waals surface area contributed by atoms with Gasteiger partial charge in [0.25, 0.3) is 0 Å². The van der Waals surface area contributed by atoms with E-state index in [9.17, 15) is 0 Å². The lowest BCUT2D eigenvalue weighted by Gasteiger charge is -2.13. The number of alkyl halides is 1. The van der Waals surface area contributed by atoms with Crippen LogP contribution in [-0.2, 0) is 6.42 Å². The molecule has 3 heteroatoms. The number of nitrogens with zero attached hydrogens (tertiary/aromatic N) is 1. The first-order valence-electron chi connectivity index (χ1n) is 6.59. The van der Waals surface area contributed by atoms with E-state index in [1.807, 2.05) is 0 Å². The summed E-state index contributed by atoms with van der Waals surface area (Å²) in [6, 6.07) is 8.58. The van der Waals surface area contributed by atoms with Crippen molar-refractivity contribution in [2.24, 2.45) is 4.99 Å². The number of hydrogen-bond acceptors (Lipinski definition) is 1. The Kier molecular flexibility index (Phi) is 3.50. The van der Waals surface area contributed by atoms with Gasteiger partial charge in [-0.3, -0.25) is 4.99 Å². The number of aliphatic imine (C=N–C) groups is 1. The Morgan fingerprint density at radius 2 is 2.11 bits per heavy atom. The first kappa shape index (κ1) is 12.0. The number of unbranched alkanes of at least 4 members (excludes halogenated alkanes) is 1. The molecule has 0 aliphatic carbocycles. The number of aromatic amines is 1. The molecular weight excluding hydrogens is 288 g/mol. The smallest absolute Gasteiger partial charge is 0.0638 e. The molecule has 0 unspecified atom stereocenters. The molecule has 0 radical (unpaired) electrons. The van der Waals surface area contributed by atoms with Gasteiger partial charge in [-0.1, -0.05) is 34.1 Å². The molecule has 0 saturated heterocycles. The molecule has 0 amide bonds. The van der Waals surface area contributed by atoms with Gasteiger partial charge in [-0.05, 0) is 37.3 Å². The molecule has 0 spiro atoms. The minimum atomic E-state index is 0.943. The first-order valence-corrected chi connectivity index (χ1v) is 7.71. The molecular formula is C15H17BrN2. The number of benzene rings is 1. The summed E-state index contributed by atoms with van der Waals surface area (Å²) in [4.78, 5) is 8.26. The predicted molar refractivity (Wildman–Crippen MR) is 81.1 cm³/mol. The third-order valence-electron chi connectivity index (χ3n) is 3.56. The van der Waals surface area contributed by atoms with Gasteiger partial charge in [-0.15, -0.1) is 0 Å². The summed E-state index contributed by atoms with van der Waals surface area (Å²) in [5.74, 6) is 0. The van der Waals surface area contributed by atoms with Crippen molar-refractivity contribution in [2.45, 2.75) is 25.7 Å². The summed E-state index contributed by atoms with van der Waals surface area (Å²) in [5, 5.41) is 2.46. The highest BCUT2D eigenvalue weighted by Crippen LogP contribution is 2.27. The Balaban J connectivity index is 1.95. The van der Waals surface area contributed by atoms with E-state index in [-0.39, 0.29) is 0 Å². The van der Waals surface area contributed by atoms with Crippen molar-refractivity contribution in [3.8, 4) is 0 Å². The van der Waals surface area contributed by atoms with Crippen LogP contribution in [0.4, 0.5) is 0 Å². The van der Waals surface area contributed by atoms with Crippen LogP contribution in [0.5, 0.6) is 0 Å². The maximum Gasteiger partial charge on any atom is 0.0638 e. The third kappa shape index (κ3) is 2.12. The number of rotatable bonds is 4. The number of hydrogen-bond donors (Lipinski definition) is 1. The summed E-state index contributed by atoms with van der Waals surface area (Å²) in [6.07, 6.45) is 4.58. The van der Waals surface area contributed by atoms with Gasteiger partial charge < -0.3 is 4.98 Å². The maximum absolute atomic E-state index is 4.71. The fourth-order valence-corrected chi connectivity index (χ4v) is 3.08. The SMILES string of the molecule is BrCCCCC1=NCCc2c1[nH]c1ccccc21. The Bertz CT molecular complexity index is 583. The number of aromatic nitrogens is 1. The Morgan fingerprint density at radius 3 is 3.00 bits per heavy atom. The molecule has 0 fully saturated rings. The fraction of sp³-hybridized carbons (Fsp3) is 0.400. The first-order chi connectivity index (χ1) is 8.90. The quantitative estimate of drug-likeness (QED) is 0.651. The lowest BCUT2D eigenvalue weighted by Crippen LogP contribution is -2.12. The second-order valence-corrected chi connectivity index (χ2v) is 5.54. The zero-order chi connectivity index (χ0) is 12.4. The molecule has 2 nitrogen and oxygen atoms in total. The second-order valence-electron chi connectivity index (χ2n) is 4.75. The van der Waals surface area contributed by atoms with E-state index >= 15 is 0 Å². The van der Waals surface area contributed by atoms with Crippen molar-refractivity contribution < 1.29 is 0 Å². The topological polar surface area (TPSA) is 28.1 Å². The molecule has 0 atom stereocenters. The lowest BCUT2D eigenvalue weighted by atomic mass is 9.99. The normalized spacial score (nSPS) is 14.6. The minimum absolute atomic E-state index is 0.943. The molecule has 1 aliphatic heterocycles. The molecule has 1 aromatic carbocycles. The van der Waals surface area contributed by atoms with Crippen LogP contribution in [-0.4, -0.2) is 22.6 Å². The molecule has 0 saturated carbocycles. The number of fused-ring (bicyclic) bond motifs is 3. The number of halogens is 1. The number of para-hydroxylation sites is 1. The van der Waals surface area contributed by atoms with Gasteiger partial charge in [0.2, 0.25) is 0 Å². The second kappa shape index (κ2) is 5.27. The highest BCUT2D eigenvalue weighted by Gasteiger charge is 2.18. The third-order valence-corrected chi connectivity index (χ3v) is 4.12. The van der Waals surface area contributed by atoms with Crippen LogP contribution in [0.3, 0.4) is 0 Å². The van der Waals surface area contributed by atoms with Crippen LogP contribution in [0.15, 0.2) is 29.3 Å². The van der Waals surface area contributed by atoms with E-state index in [0.717, 1.165) is 24.7 Å². The fourth-order valence-electron chi connectivity index (χ4n) is 2.68.